The van der Waals surface area contributed by atoms with E-state index >= 15 is 0 Å². The molecule has 5 nitrogen and oxygen atoms in total. The van der Waals surface area contributed by atoms with Crippen LogP contribution in [0.4, 0.5) is 0 Å². The molecule has 0 aromatic rings. The van der Waals surface area contributed by atoms with E-state index < -0.39 is 0 Å². The summed E-state index contributed by atoms with van der Waals surface area (Å²) in [5.41, 5.74) is 0. The monoisotopic (exact) mass is 257 g/mol. The van der Waals surface area contributed by atoms with Gasteiger partial charge in [0.15, 0.2) is 0 Å². The average molecular weight is 257 g/mol. The first-order valence-electron chi connectivity index (χ1n) is 5.23. The predicted molar refractivity (Wildman–Crippen MR) is 64.4 cm³/mol. The Morgan fingerprint density at radius 3 is 2.94 bits per heavy atom. The zero-order valence-electron chi connectivity index (χ0n) is 9.68. The van der Waals surface area contributed by atoms with Crippen molar-refractivity contribution in [2.24, 2.45) is 0 Å². The second kappa shape index (κ2) is 6.44. The van der Waals surface area contributed by atoms with Crippen LogP contribution in [0.3, 0.4) is 0 Å². The van der Waals surface area contributed by atoms with E-state index in [-0.39, 0.29) is 42.4 Å². The highest BCUT2D eigenvalue weighted by atomic mass is 32.2. The molecule has 17 heavy (non-hydrogen) atoms. The molecule has 94 valence electrons. The highest BCUT2D eigenvalue weighted by molar-refractivity contribution is 8.00. The molecule has 0 spiro atoms. The van der Waals surface area contributed by atoms with E-state index in [1.165, 1.54) is 29.8 Å². The first kappa shape index (κ1) is 13.8. The van der Waals surface area contributed by atoms with E-state index in [0.29, 0.717) is 5.75 Å². The molecule has 1 unspecified atom stereocenters. The average Bonchev–Trinajstić information content (AvgIpc) is 2.57. The molecule has 2 amide bonds. The van der Waals surface area contributed by atoms with Crippen molar-refractivity contribution in [2.75, 3.05) is 19.4 Å². The lowest BCUT2D eigenvalue weighted by Crippen LogP contribution is -2.31. The molecule has 1 saturated heterocycles. The van der Waals surface area contributed by atoms with Crippen LogP contribution < -0.4 is 0 Å². The third kappa shape index (κ3) is 3.59. The summed E-state index contributed by atoms with van der Waals surface area (Å²) in [5.74, 6) is -0.189. The van der Waals surface area contributed by atoms with Gasteiger partial charge in [0.1, 0.15) is 0 Å². The molecular weight excluding hydrogens is 242 g/mol. The minimum Gasteiger partial charge on any atom is -0.469 e. The molecule has 1 aliphatic heterocycles. The summed E-state index contributed by atoms with van der Waals surface area (Å²) in [5, 5.41) is -0.368. The SMILES string of the molecule is C=CCN1C(=O)CC(SCCC(=O)OC)C1=O. The number of thioether (sulfide) groups is 1. The quantitative estimate of drug-likeness (QED) is 0.396. The lowest BCUT2D eigenvalue weighted by atomic mass is 10.4. The molecule has 0 saturated carbocycles. The molecule has 1 atom stereocenters. The maximum absolute atomic E-state index is 11.8. The number of rotatable bonds is 6. The topological polar surface area (TPSA) is 63.7 Å². The standard InChI is InChI=1S/C11H15NO4S/c1-3-5-12-9(13)7-8(11(12)15)17-6-4-10(14)16-2/h3,8H,1,4-7H2,2H3. The number of nitrogens with zero attached hydrogens (tertiary/aromatic N) is 1. The van der Waals surface area contributed by atoms with Gasteiger partial charge in [0.05, 0.1) is 18.8 Å². The molecule has 6 heteroatoms. The van der Waals surface area contributed by atoms with Gasteiger partial charge in [-0.05, 0) is 0 Å². The molecule has 0 N–H and O–H groups in total. The number of hydrogen-bond acceptors (Lipinski definition) is 5. The van der Waals surface area contributed by atoms with Crippen molar-refractivity contribution in [2.45, 2.75) is 18.1 Å². The third-order valence-electron chi connectivity index (χ3n) is 2.37. The minimum absolute atomic E-state index is 0.175. The van der Waals surface area contributed by atoms with Crippen LogP contribution in [-0.4, -0.2) is 47.3 Å². The number of ether oxygens (including phenoxy) is 1. The number of imide groups is 1. The Morgan fingerprint density at radius 2 is 2.35 bits per heavy atom. The first-order chi connectivity index (χ1) is 8.10. The fraction of sp³-hybridized carbons (Fsp3) is 0.545. The summed E-state index contributed by atoms with van der Waals surface area (Å²) in [6, 6.07) is 0. The van der Waals surface area contributed by atoms with Crippen molar-refractivity contribution >= 4 is 29.5 Å². The Bertz CT molecular complexity index is 342. The molecule has 0 aromatic carbocycles. The third-order valence-corrected chi connectivity index (χ3v) is 3.58. The lowest BCUT2D eigenvalue weighted by molar-refractivity contribution is -0.140. The smallest absolute Gasteiger partial charge is 0.306 e. The maximum Gasteiger partial charge on any atom is 0.306 e. The van der Waals surface area contributed by atoms with E-state index in [2.05, 4.69) is 11.3 Å². The highest BCUT2D eigenvalue weighted by Gasteiger charge is 2.37. The van der Waals surface area contributed by atoms with E-state index in [1.54, 1.807) is 0 Å². The Morgan fingerprint density at radius 1 is 1.65 bits per heavy atom. The van der Waals surface area contributed by atoms with Gasteiger partial charge in [-0.1, -0.05) is 6.08 Å². The van der Waals surface area contributed by atoms with Gasteiger partial charge in [-0.2, -0.15) is 0 Å². The fourth-order valence-electron chi connectivity index (χ4n) is 1.49. The van der Waals surface area contributed by atoms with Gasteiger partial charge in [0.2, 0.25) is 11.8 Å². The van der Waals surface area contributed by atoms with Gasteiger partial charge < -0.3 is 4.74 Å². The minimum atomic E-state index is -0.368. The second-order valence-corrected chi connectivity index (χ2v) is 4.83. The molecule has 1 heterocycles. The molecule has 0 aliphatic carbocycles. The number of methoxy groups -OCH3 is 1. The number of amides is 2. The Labute approximate surface area is 104 Å². The summed E-state index contributed by atoms with van der Waals surface area (Å²) in [6.07, 6.45) is 1.98. The van der Waals surface area contributed by atoms with E-state index in [1.807, 2.05) is 0 Å². The fourth-order valence-corrected chi connectivity index (χ4v) is 2.59. The van der Waals surface area contributed by atoms with Crippen LogP contribution in [0.25, 0.3) is 0 Å². The summed E-state index contributed by atoms with van der Waals surface area (Å²) >= 11 is 1.32. The van der Waals surface area contributed by atoms with E-state index in [9.17, 15) is 14.4 Å². The van der Waals surface area contributed by atoms with Gasteiger partial charge >= 0.3 is 5.97 Å². The van der Waals surface area contributed by atoms with E-state index in [0.717, 1.165) is 0 Å². The Balaban J connectivity index is 2.41. The van der Waals surface area contributed by atoms with Crippen LogP contribution in [0.2, 0.25) is 0 Å². The molecular formula is C11H15NO4S. The van der Waals surface area contributed by atoms with Crippen molar-refractivity contribution in [3.05, 3.63) is 12.7 Å². The van der Waals surface area contributed by atoms with Crippen LogP contribution in [-0.2, 0) is 19.1 Å². The van der Waals surface area contributed by atoms with Crippen molar-refractivity contribution in [3.8, 4) is 0 Å². The van der Waals surface area contributed by atoms with Gasteiger partial charge in [0, 0.05) is 18.7 Å². The first-order valence-corrected chi connectivity index (χ1v) is 6.28. The van der Waals surface area contributed by atoms with Crippen molar-refractivity contribution in [1.82, 2.24) is 4.90 Å². The highest BCUT2D eigenvalue weighted by Crippen LogP contribution is 2.25. The zero-order valence-corrected chi connectivity index (χ0v) is 10.5. The number of carbonyl (C=O) groups is 3. The molecule has 0 aromatic heterocycles. The number of likely N-dealkylation sites (tertiary alicyclic amines) is 1. The summed E-state index contributed by atoms with van der Waals surface area (Å²) in [6.45, 7) is 3.76. The molecule has 0 radical (unpaired) electrons. The van der Waals surface area contributed by atoms with Crippen molar-refractivity contribution < 1.29 is 19.1 Å². The number of hydrogen-bond donors (Lipinski definition) is 0. The number of carbonyl (C=O) groups excluding carboxylic acids is 3. The van der Waals surface area contributed by atoms with Crippen LogP contribution in [0.5, 0.6) is 0 Å². The molecule has 1 rings (SSSR count). The van der Waals surface area contributed by atoms with Crippen LogP contribution >= 0.6 is 11.8 Å². The summed E-state index contributed by atoms with van der Waals surface area (Å²) < 4.78 is 4.49. The van der Waals surface area contributed by atoms with Crippen LogP contribution in [0.1, 0.15) is 12.8 Å². The van der Waals surface area contributed by atoms with Gasteiger partial charge in [-0.15, -0.1) is 18.3 Å². The number of esters is 1. The van der Waals surface area contributed by atoms with E-state index in [4.69, 9.17) is 0 Å². The summed E-state index contributed by atoms with van der Waals surface area (Å²) in [7, 11) is 1.32. The molecule has 0 bridgehead atoms. The van der Waals surface area contributed by atoms with Gasteiger partial charge in [-0.25, -0.2) is 0 Å². The normalized spacial score (nSPS) is 19.6. The van der Waals surface area contributed by atoms with Gasteiger partial charge in [0.25, 0.3) is 0 Å². The maximum atomic E-state index is 11.8. The van der Waals surface area contributed by atoms with Crippen molar-refractivity contribution in [3.63, 3.8) is 0 Å². The Hall–Kier alpha value is -1.30. The largest absolute Gasteiger partial charge is 0.469 e. The lowest BCUT2D eigenvalue weighted by Gasteiger charge is -2.11. The molecule has 1 fully saturated rings. The van der Waals surface area contributed by atoms with Crippen LogP contribution in [0.15, 0.2) is 12.7 Å². The predicted octanol–water partition coefficient (Wildman–Crippen LogP) is 0.596. The van der Waals surface area contributed by atoms with Crippen LogP contribution in [0, 0.1) is 0 Å². The summed E-state index contributed by atoms with van der Waals surface area (Å²) in [4.78, 5) is 35.3. The second-order valence-electron chi connectivity index (χ2n) is 3.52. The zero-order chi connectivity index (χ0) is 12.8. The Kier molecular flexibility index (Phi) is 5.21. The van der Waals surface area contributed by atoms with Gasteiger partial charge in [-0.3, -0.25) is 19.3 Å². The molecule has 1 aliphatic rings. The van der Waals surface area contributed by atoms with Crippen molar-refractivity contribution in [1.29, 1.82) is 0 Å².